The van der Waals surface area contributed by atoms with Crippen molar-refractivity contribution in [1.29, 1.82) is 0 Å². The summed E-state index contributed by atoms with van der Waals surface area (Å²) in [5, 5.41) is 9.35. The van der Waals surface area contributed by atoms with E-state index >= 15 is 4.39 Å². The third-order valence-electron chi connectivity index (χ3n) is 8.69. The molecular formula is C30H24ClF8NO4S. The maximum absolute atomic E-state index is 15.1. The van der Waals surface area contributed by atoms with E-state index in [1.807, 2.05) is 0 Å². The van der Waals surface area contributed by atoms with Gasteiger partial charge in [0.05, 0.1) is 10.5 Å². The van der Waals surface area contributed by atoms with Crippen LogP contribution in [0.25, 0.3) is 0 Å². The third kappa shape index (κ3) is 5.28. The Morgan fingerprint density at radius 2 is 1.60 bits per heavy atom. The molecule has 2 aliphatic rings. The molecule has 0 bridgehead atoms. The zero-order chi connectivity index (χ0) is 33.2. The summed E-state index contributed by atoms with van der Waals surface area (Å²) >= 11 is 6.35. The van der Waals surface area contributed by atoms with Crippen LogP contribution in [0.2, 0.25) is 5.02 Å². The SMILES string of the molecule is O=C(O)c1ccc(CN2CC[C@]3(S(=O)(=O)c4ccc(F)cc4)c4ccc(C(F)(C(F)(F)F)C(F)(F)F)cc4CCC[C@H]23)c(Cl)c1. The topological polar surface area (TPSA) is 74.7 Å². The molecule has 2 atom stereocenters. The fraction of sp³-hybridized carbons (Fsp3) is 0.367. The van der Waals surface area contributed by atoms with E-state index in [2.05, 4.69) is 0 Å². The predicted octanol–water partition coefficient (Wildman–Crippen LogP) is 7.75. The Hall–Kier alpha value is -3.23. The van der Waals surface area contributed by atoms with Crippen molar-refractivity contribution < 1.29 is 53.4 Å². The molecule has 5 rings (SSSR count). The van der Waals surface area contributed by atoms with E-state index in [-0.39, 0.29) is 65.4 Å². The quantitative estimate of drug-likeness (QED) is 0.213. The number of aryl methyl sites for hydroxylation is 1. The van der Waals surface area contributed by atoms with Crippen LogP contribution in [0.1, 0.15) is 51.9 Å². The second-order valence-electron chi connectivity index (χ2n) is 11.1. The molecule has 1 fully saturated rings. The molecule has 0 radical (unpaired) electrons. The van der Waals surface area contributed by atoms with Gasteiger partial charge in [0, 0.05) is 29.7 Å². The Morgan fingerprint density at radius 1 is 0.956 bits per heavy atom. The first-order valence-electron chi connectivity index (χ1n) is 13.6. The Kier molecular flexibility index (Phi) is 8.27. The van der Waals surface area contributed by atoms with Gasteiger partial charge in [-0.1, -0.05) is 35.9 Å². The van der Waals surface area contributed by atoms with Gasteiger partial charge in [-0.2, -0.15) is 26.3 Å². The summed E-state index contributed by atoms with van der Waals surface area (Å²) < 4.78 is 138. The molecule has 0 aromatic heterocycles. The normalized spacial score (nSPS) is 21.2. The number of halogens is 9. The maximum atomic E-state index is 15.1. The first-order valence-corrected chi connectivity index (χ1v) is 15.4. The minimum atomic E-state index is -6.36. The number of carboxylic acid groups (broad SMARTS) is 1. The molecule has 3 aromatic carbocycles. The van der Waals surface area contributed by atoms with E-state index < -0.39 is 56.0 Å². The number of likely N-dealkylation sites (tertiary alicyclic amines) is 1. The lowest BCUT2D eigenvalue weighted by atomic mass is 9.84. The highest BCUT2D eigenvalue weighted by atomic mass is 35.5. The van der Waals surface area contributed by atoms with Crippen molar-refractivity contribution in [2.45, 2.75) is 65.9 Å². The first kappa shape index (κ1) is 33.1. The summed E-state index contributed by atoms with van der Waals surface area (Å²) in [6, 6.07) is 8.61. The Labute approximate surface area is 257 Å². The van der Waals surface area contributed by atoms with E-state index in [9.17, 15) is 49.1 Å². The van der Waals surface area contributed by atoms with Crippen LogP contribution < -0.4 is 0 Å². The van der Waals surface area contributed by atoms with E-state index in [1.165, 1.54) is 18.2 Å². The van der Waals surface area contributed by atoms with E-state index in [0.717, 1.165) is 30.3 Å². The van der Waals surface area contributed by atoms with Gasteiger partial charge in [-0.3, -0.25) is 4.90 Å². The van der Waals surface area contributed by atoms with Crippen LogP contribution >= 0.6 is 11.6 Å². The molecular weight excluding hydrogens is 658 g/mol. The Bertz CT molecular complexity index is 1730. The highest BCUT2D eigenvalue weighted by Gasteiger charge is 2.73. The Morgan fingerprint density at radius 3 is 2.18 bits per heavy atom. The van der Waals surface area contributed by atoms with Crippen LogP contribution in [-0.2, 0) is 33.2 Å². The van der Waals surface area contributed by atoms with Crippen LogP contribution in [0.4, 0.5) is 35.1 Å². The lowest BCUT2D eigenvalue weighted by molar-refractivity contribution is -0.348. The fourth-order valence-electron chi connectivity index (χ4n) is 6.56. The molecule has 0 unspecified atom stereocenters. The van der Waals surface area contributed by atoms with Crippen molar-refractivity contribution >= 4 is 27.4 Å². The molecule has 3 aromatic rings. The minimum Gasteiger partial charge on any atom is -0.478 e. The lowest BCUT2D eigenvalue weighted by Gasteiger charge is -2.38. The number of alkyl halides is 7. The van der Waals surface area contributed by atoms with Gasteiger partial charge in [0.15, 0.2) is 9.84 Å². The number of nitrogens with zero attached hydrogens (tertiary/aromatic N) is 1. The predicted molar refractivity (Wildman–Crippen MR) is 147 cm³/mol. The van der Waals surface area contributed by atoms with E-state index in [1.54, 1.807) is 4.90 Å². The van der Waals surface area contributed by atoms with Gasteiger partial charge in [-0.15, -0.1) is 0 Å². The summed E-state index contributed by atoms with van der Waals surface area (Å²) in [4.78, 5) is 12.8. The summed E-state index contributed by atoms with van der Waals surface area (Å²) in [6.45, 7) is 0.120. The molecule has 1 N–H and O–H groups in total. The van der Waals surface area contributed by atoms with Gasteiger partial charge >= 0.3 is 24.0 Å². The smallest absolute Gasteiger partial charge is 0.435 e. The molecule has 1 aliphatic heterocycles. The van der Waals surface area contributed by atoms with E-state index in [4.69, 9.17) is 11.6 Å². The monoisotopic (exact) mass is 681 g/mol. The van der Waals surface area contributed by atoms with Crippen molar-refractivity contribution in [1.82, 2.24) is 4.90 Å². The van der Waals surface area contributed by atoms with Gasteiger partial charge in [-0.05, 0) is 78.8 Å². The van der Waals surface area contributed by atoms with Crippen molar-refractivity contribution in [3.63, 3.8) is 0 Å². The van der Waals surface area contributed by atoms with E-state index in [0.29, 0.717) is 17.7 Å². The van der Waals surface area contributed by atoms with Crippen LogP contribution in [0.3, 0.4) is 0 Å². The van der Waals surface area contributed by atoms with Crippen molar-refractivity contribution in [3.05, 3.63) is 99.3 Å². The average Bonchev–Trinajstić information content (AvgIpc) is 3.22. The zero-order valence-electron chi connectivity index (χ0n) is 23.0. The highest BCUT2D eigenvalue weighted by molar-refractivity contribution is 7.92. The molecule has 242 valence electrons. The lowest BCUT2D eigenvalue weighted by Crippen LogP contribution is -2.50. The number of hydrogen-bond donors (Lipinski definition) is 1. The zero-order valence-corrected chi connectivity index (χ0v) is 24.6. The van der Waals surface area contributed by atoms with Crippen LogP contribution in [0.5, 0.6) is 0 Å². The molecule has 0 spiro atoms. The standard InChI is InChI=1S/C30H24ClF8NO4S/c31-24-15-18(26(41)42)4-5-19(24)16-40-13-12-27(45(43,44)22-9-7-21(32)8-10-22)23-11-6-20(14-17(23)2-1-3-25(27)40)28(33,29(34,35)36)30(37,38)39/h4-11,14-15,25H,1-3,12-13,16H2,(H,41,42)/t25-,27-/m0/s1. The highest BCUT2D eigenvalue weighted by Crippen LogP contribution is 2.56. The molecule has 45 heavy (non-hydrogen) atoms. The average molecular weight is 682 g/mol. The number of aromatic carboxylic acids is 1. The summed E-state index contributed by atoms with van der Waals surface area (Å²) in [5.74, 6) is -1.96. The first-order chi connectivity index (χ1) is 20.8. The number of rotatable bonds is 6. The van der Waals surface area contributed by atoms with Crippen LogP contribution in [0.15, 0.2) is 65.6 Å². The number of carboxylic acids is 1. The maximum Gasteiger partial charge on any atom is 0.435 e. The molecule has 5 nitrogen and oxygen atoms in total. The largest absolute Gasteiger partial charge is 0.478 e. The van der Waals surface area contributed by atoms with Crippen LogP contribution in [0, 0.1) is 5.82 Å². The second kappa shape index (κ2) is 11.2. The molecule has 1 aliphatic carbocycles. The third-order valence-corrected chi connectivity index (χ3v) is 11.6. The van der Waals surface area contributed by atoms with Gasteiger partial charge in [-0.25, -0.2) is 22.0 Å². The molecule has 1 saturated heterocycles. The number of benzene rings is 3. The number of hydrogen-bond acceptors (Lipinski definition) is 4. The fourth-order valence-corrected chi connectivity index (χ4v) is 9.19. The molecule has 1 heterocycles. The molecule has 15 heteroatoms. The van der Waals surface area contributed by atoms with Crippen LogP contribution in [-0.4, -0.2) is 49.3 Å². The van der Waals surface area contributed by atoms with Gasteiger partial charge in [0.25, 0.3) is 0 Å². The second-order valence-corrected chi connectivity index (χ2v) is 13.7. The molecule has 0 amide bonds. The number of fused-ring (bicyclic) bond motifs is 3. The van der Waals surface area contributed by atoms with Gasteiger partial charge in [0.2, 0.25) is 0 Å². The minimum absolute atomic E-state index is 0.0350. The summed E-state index contributed by atoms with van der Waals surface area (Å²) in [5.41, 5.74) is -7.30. The number of sulfone groups is 1. The number of carbonyl (C=O) groups is 1. The summed E-state index contributed by atoms with van der Waals surface area (Å²) in [7, 11) is -4.53. The molecule has 0 saturated carbocycles. The van der Waals surface area contributed by atoms with Crippen molar-refractivity contribution in [2.24, 2.45) is 0 Å². The van der Waals surface area contributed by atoms with Gasteiger partial charge < -0.3 is 5.11 Å². The van der Waals surface area contributed by atoms with Crippen molar-refractivity contribution in [3.8, 4) is 0 Å². The summed E-state index contributed by atoms with van der Waals surface area (Å²) in [6.07, 6.45) is -12.8. The Balaban J connectivity index is 1.69. The van der Waals surface area contributed by atoms with Gasteiger partial charge in [0.1, 0.15) is 10.6 Å². The van der Waals surface area contributed by atoms with Crippen molar-refractivity contribution in [2.75, 3.05) is 6.54 Å².